The number of nitrogens with one attached hydrogen (secondary N) is 3. The summed E-state index contributed by atoms with van der Waals surface area (Å²) in [6.07, 6.45) is 0. The first-order valence-corrected chi connectivity index (χ1v) is 11.7. The number of hydrogen-bond donors (Lipinski definition) is 3. The fourth-order valence-electron chi connectivity index (χ4n) is 2.85. The van der Waals surface area contributed by atoms with Gasteiger partial charge in [0.2, 0.25) is 0 Å². The van der Waals surface area contributed by atoms with E-state index >= 15 is 0 Å². The van der Waals surface area contributed by atoms with Gasteiger partial charge in [0.1, 0.15) is 5.75 Å². The molecule has 3 aromatic carbocycles. The molecule has 0 bridgehead atoms. The van der Waals surface area contributed by atoms with E-state index in [-0.39, 0.29) is 22.1 Å². The molecule has 0 aliphatic heterocycles. The minimum atomic E-state index is -3.97. The van der Waals surface area contributed by atoms with Crippen molar-refractivity contribution < 1.29 is 22.7 Å². The second-order valence-electron chi connectivity index (χ2n) is 7.22. The lowest BCUT2D eigenvalue weighted by Gasteiger charge is -2.12. The van der Waals surface area contributed by atoms with Crippen LogP contribution >= 0.6 is 11.6 Å². The van der Waals surface area contributed by atoms with E-state index in [1.54, 1.807) is 36.4 Å². The molecule has 0 spiro atoms. The van der Waals surface area contributed by atoms with E-state index in [0.717, 1.165) is 17.2 Å². The number of ether oxygens (including phenoxy) is 1. The van der Waals surface area contributed by atoms with Gasteiger partial charge >= 0.3 is 0 Å². The predicted molar refractivity (Wildman–Crippen MR) is 126 cm³/mol. The summed E-state index contributed by atoms with van der Waals surface area (Å²) >= 11 is 6.08. The quantitative estimate of drug-likeness (QED) is 0.441. The number of rotatable bonds is 7. The molecule has 10 heteroatoms. The summed E-state index contributed by atoms with van der Waals surface area (Å²) in [5, 5.41) is 0.0206. The van der Waals surface area contributed by atoms with E-state index in [0.29, 0.717) is 11.4 Å². The smallest absolute Gasteiger partial charge is 0.276 e. The summed E-state index contributed by atoms with van der Waals surface area (Å²) in [7, 11) is -3.97. The molecule has 0 unspecified atom stereocenters. The van der Waals surface area contributed by atoms with Gasteiger partial charge in [0, 0.05) is 5.69 Å². The molecule has 33 heavy (non-hydrogen) atoms. The Kier molecular flexibility index (Phi) is 7.57. The van der Waals surface area contributed by atoms with Gasteiger partial charge in [-0.2, -0.15) is 0 Å². The molecule has 3 N–H and O–H groups in total. The number of sulfonamides is 1. The van der Waals surface area contributed by atoms with Gasteiger partial charge in [0.05, 0.1) is 15.5 Å². The molecule has 0 saturated carbocycles. The van der Waals surface area contributed by atoms with Gasteiger partial charge in [-0.1, -0.05) is 35.9 Å². The van der Waals surface area contributed by atoms with Crippen molar-refractivity contribution >= 4 is 39.1 Å². The minimum absolute atomic E-state index is 0.0206. The Morgan fingerprint density at radius 1 is 0.909 bits per heavy atom. The molecule has 3 aromatic rings. The molecule has 0 heterocycles. The number of aryl methyl sites for hydroxylation is 2. The van der Waals surface area contributed by atoms with Crippen molar-refractivity contribution in [1.82, 2.24) is 10.9 Å². The standard InChI is InChI=1S/C23H22ClN3O5S/c1-15-5-3-7-17(11-15)27-33(30,31)19-9-10-21(24)20(13-19)23(29)26-25-22(28)14-32-18-8-4-6-16(2)12-18/h3-13,27H,14H2,1-2H3,(H,25,28)(H,26,29). The van der Waals surface area contributed by atoms with Crippen molar-refractivity contribution in [3.05, 3.63) is 88.4 Å². The van der Waals surface area contributed by atoms with Gasteiger partial charge < -0.3 is 4.74 Å². The van der Waals surface area contributed by atoms with Gasteiger partial charge in [-0.15, -0.1) is 0 Å². The largest absolute Gasteiger partial charge is 0.484 e. The maximum atomic E-state index is 12.7. The third-order valence-electron chi connectivity index (χ3n) is 4.44. The highest BCUT2D eigenvalue weighted by Gasteiger charge is 2.19. The highest BCUT2D eigenvalue weighted by atomic mass is 35.5. The topological polar surface area (TPSA) is 114 Å². The van der Waals surface area contributed by atoms with Gasteiger partial charge in [0.15, 0.2) is 6.61 Å². The zero-order chi connectivity index (χ0) is 24.0. The van der Waals surface area contributed by atoms with Crippen LogP contribution in [0.4, 0.5) is 5.69 Å². The molecule has 8 nitrogen and oxygen atoms in total. The first-order valence-electron chi connectivity index (χ1n) is 9.82. The Morgan fingerprint density at radius 2 is 1.61 bits per heavy atom. The highest BCUT2D eigenvalue weighted by molar-refractivity contribution is 7.92. The molecular formula is C23H22ClN3O5S. The van der Waals surface area contributed by atoms with Crippen LogP contribution in [-0.4, -0.2) is 26.8 Å². The first kappa shape index (κ1) is 24.1. The molecule has 3 rings (SSSR count). The fraction of sp³-hybridized carbons (Fsp3) is 0.130. The van der Waals surface area contributed by atoms with Crippen LogP contribution in [0.5, 0.6) is 5.75 Å². The molecule has 0 aliphatic carbocycles. The van der Waals surface area contributed by atoms with E-state index < -0.39 is 21.8 Å². The molecule has 0 atom stereocenters. The average molecular weight is 488 g/mol. The normalized spacial score (nSPS) is 10.9. The lowest BCUT2D eigenvalue weighted by Crippen LogP contribution is -2.44. The van der Waals surface area contributed by atoms with Crippen molar-refractivity contribution in [3.8, 4) is 5.75 Å². The second kappa shape index (κ2) is 10.4. The minimum Gasteiger partial charge on any atom is -0.484 e. The lowest BCUT2D eigenvalue weighted by molar-refractivity contribution is -0.123. The van der Waals surface area contributed by atoms with Crippen LogP contribution in [0, 0.1) is 13.8 Å². The summed E-state index contributed by atoms with van der Waals surface area (Å²) in [5.41, 5.74) is 6.54. The van der Waals surface area contributed by atoms with E-state index in [1.807, 2.05) is 26.0 Å². The number of hydrogen-bond acceptors (Lipinski definition) is 5. The van der Waals surface area contributed by atoms with E-state index in [9.17, 15) is 18.0 Å². The van der Waals surface area contributed by atoms with Crippen molar-refractivity contribution in [2.45, 2.75) is 18.7 Å². The van der Waals surface area contributed by atoms with E-state index in [2.05, 4.69) is 15.6 Å². The number of carbonyl (C=O) groups excluding carboxylic acids is 2. The highest BCUT2D eigenvalue weighted by Crippen LogP contribution is 2.23. The van der Waals surface area contributed by atoms with Crippen molar-refractivity contribution in [2.24, 2.45) is 0 Å². The van der Waals surface area contributed by atoms with Gasteiger partial charge in [-0.25, -0.2) is 8.42 Å². The van der Waals surface area contributed by atoms with Crippen LogP contribution < -0.4 is 20.3 Å². The summed E-state index contributed by atoms with van der Waals surface area (Å²) in [6, 6.07) is 17.7. The number of amides is 2. The van der Waals surface area contributed by atoms with Crippen LogP contribution in [0.2, 0.25) is 5.02 Å². The molecule has 0 radical (unpaired) electrons. The Hall–Kier alpha value is -3.56. The van der Waals surface area contributed by atoms with Crippen LogP contribution in [0.15, 0.2) is 71.6 Å². The third kappa shape index (κ3) is 6.71. The van der Waals surface area contributed by atoms with Crippen molar-refractivity contribution in [1.29, 1.82) is 0 Å². The third-order valence-corrected chi connectivity index (χ3v) is 6.15. The maximum absolute atomic E-state index is 12.7. The van der Waals surface area contributed by atoms with Crippen molar-refractivity contribution in [3.63, 3.8) is 0 Å². The maximum Gasteiger partial charge on any atom is 0.276 e. The molecule has 0 aromatic heterocycles. The zero-order valence-corrected chi connectivity index (χ0v) is 19.5. The predicted octanol–water partition coefficient (Wildman–Crippen LogP) is 3.60. The van der Waals surface area contributed by atoms with E-state index in [1.165, 1.54) is 12.1 Å². The number of halogens is 1. The Labute approximate surface area is 196 Å². The number of benzene rings is 3. The molecule has 2 amide bonds. The van der Waals surface area contributed by atoms with Gasteiger partial charge in [-0.3, -0.25) is 25.2 Å². The van der Waals surface area contributed by atoms with Crippen LogP contribution in [0.3, 0.4) is 0 Å². The first-order chi connectivity index (χ1) is 15.6. The Morgan fingerprint density at radius 3 is 2.30 bits per heavy atom. The van der Waals surface area contributed by atoms with Crippen LogP contribution in [-0.2, 0) is 14.8 Å². The SMILES string of the molecule is Cc1cccc(NS(=O)(=O)c2ccc(Cl)c(C(=O)NNC(=O)COc3cccc(C)c3)c2)c1. The van der Waals surface area contributed by atoms with Gasteiger partial charge in [0.25, 0.3) is 21.8 Å². The fourth-order valence-corrected chi connectivity index (χ4v) is 4.13. The number of carbonyl (C=O) groups is 2. The summed E-state index contributed by atoms with van der Waals surface area (Å²) in [5.74, 6) is -0.874. The Balaban J connectivity index is 1.64. The summed E-state index contributed by atoms with van der Waals surface area (Å²) in [4.78, 5) is 24.3. The molecular weight excluding hydrogens is 466 g/mol. The second-order valence-corrected chi connectivity index (χ2v) is 9.31. The summed E-state index contributed by atoms with van der Waals surface area (Å²) in [6.45, 7) is 3.40. The monoisotopic (exact) mass is 487 g/mol. The molecule has 0 aliphatic rings. The number of anilines is 1. The average Bonchev–Trinajstić information content (AvgIpc) is 2.76. The summed E-state index contributed by atoms with van der Waals surface area (Å²) < 4.78 is 33.3. The van der Waals surface area contributed by atoms with E-state index in [4.69, 9.17) is 16.3 Å². The van der Waals surface area contributed by atoms with Gasteiger partial charge in [-0.05, 0) is 67.4 Å². The van der Waals surface area contributed by atoms with Crippen LogP contribution in [0.25, 0.3) is 0 Å². The molecule has 172 valence electrons. The van der Waals surface area contributed by atoms with Crippen molar-refractivity contribution in [2.75, 3.05) is 11.3 Å². The zero-order valence-electron chi connectivity index (χ0n) is 17.9. The molecule has 0 fully saturated rings. The Bertz CT molecular complexity index is 1290. The van der Waals surface area contributed by atoms with Crippen LogP contribution in [0.1, 0.15) is 21.5 Å². The molecule has 0 saturated heterocycles. The lowest BCUT2D eigenvalue weighted by atomic mass is 10.2. The number of hydrazine groups is 1.